The third-order valence-corrected chi connectivity index (χ3v) is 2.70. The first-order chi connectivity index (χ1) is 8.21. The summed E-state index contributed by atoms with van der Waals surface area (Å²) in [5, 5.41) is 3.36. The molecule has 0 aliphatic carbocycles. The standard InChI is InChI=1S/C13H22N2O2/c1-10(7-14)8-15-9-11-6-12(16-2)4-5-13(11)17-3/h4-6,10,15H,7-9,14H2,1-3H3. The van der Waals surface area contributed by atoms with Crippen molar-refractivity contribution in [3.8, 4) is 11.5 Å². The Morgan fingerprint density at radius 2 is 2.06 bits per heavy atom. The number of ether oxygens (including phenoxy) is 2. The van der Waals surface area contributed by atoms with Crippen molar-refractivity contribution in [2.24, 2.45) is 11.7 Å². The van der Waals surface area contributed by atoms with Gasteiger partial charge in [0.05, 0.1) is 14.2 Å². The normalized spacial score (nSPS) is 12.2. The van der Waals surface area contributed by atoms with Gasteiger partial charge in [-0.05, 0) is 37.2 Å². The quantitative estimate of drug-likeness (QED) is 0.753. The van der Waals surface area contributed by atoms with Crippen molar-refractivity contribution in [3.05, 3.63) is 23.8 Å². The molecule has 0 amide bonds. The second kappa shape index (κ2) is 7.14. The fraction of sp³-hybridized carbons (Fsp3) is 0.538. The van der Waals surface area contributed by atoms with Gasteiger partial charge >= 0.3 is 0 Å². The van der Waals surface area contributed by atoms with Crippen molar-refractivity contribution in [1.29, 1.82) is 0 Å². The first-order valence-electron chi connectivity index (χ1n) is 5.83. The molecular weight excluding hydrogens is 216 g/mol. The Kier molecular flexibility index (Phi) is 5.80. The highest BCUT2D eigenvalue weighted by Crippen LogP contribution is 2.23. The van der Waals surface area contributed by atoms with E-state index in [9.17, 15) is 0 Å². The maximum atomic E-state index is 5.57. The Labute approximate surface area is 103 Å². The van der Waals surface area contributed by atoms with Crippen LogP contribution in [0.4, 0.5) is 0 Å². The van der Waals surface area contributed by atoms with Gasteiger partial charge in [-0.1, -0.05) is 6.92 Å². The fourth-order valence-corrected chi connectivity index (χ4v) is 1.56. The van der Waals surface area contributed by atoms with Crippen molar-refractivity contribution in [2.75, 3.05) is 27.3 Å². The smallest absolute Gasteiger partial charge is 0.123 e. The van der Waals surface area contributed by atoms with Crippen LogP contribution in [0, 0.1) is 5.92 Å². The molecule has 4 heteroatoms. The van der Waals surface area contributed by atoms with Crippen LogP contribution >= 0.6 is 0 Å². The molecule has 0 saturated carbocycles. The lowest BCUT2D eigenvalue weighted by Gasteiger charge is -2.13. The van der Waals surface area contributed by atoms with E-state index in [0.717, 1.165) is 30.2 Å². The van der Waals surface area contributed by atoms with Gasteiger partial charge in [-0.3, -0.25) is 0 Å². The highest BCUT2D eigenvalue weighted by Gasteiger charge is 2.05. The Bertz CT molecular complexity index is 342. The summed E-state index contributed by atoms with van der Waals surface area (Å²) < 4.78 is 10.5. The molecule has 0 bridgehead atoms. The van der Waals surface area contributed by atoms with E-state index in [1.807, 2.05) is 18.2 Å². The minimum Gasteiger partial charge on any atom is -0.497 e. The summed E-state index contributed by atoms with van der Waals surface area (Å²) in [5.74, 6) is 2.19. The second-order valence-corrected chi connectivity index (χ2v) is 4.15. The minimum absolute atomic E-state index is 0.478. The second-order valence-electron chi connectivity index (χ2n) is 4.15. The van der Waals surface area contributed by atoms with Gasteiger partial charge in [0.25, 0.3) is 0 Å². The van der Waals surface area contributed by atoms with Crippen LogP contribution in [0.5, 0.6) is 11.5 Å². The molecule has 0 saturated heterocycles. The van der Waals surface area contributed by atoms with Gasteiger partial charge in [-0.2, -0.15) is 0 Å². The van der Waals surface area contributed by atoms with Crippen LogP contribution in [0.25, 0.3) is 0 Å². The van der Waals surface area contributed by atoms with Crippen LogP contribution in [0.3, 0.4) is 0 Å². The van der Waals surface area contributed by atoms with Gasteiger partial charge in [0.15, 0.2) is 0 Å². The molecular formula is C13H22N2O2. The topological polar surface area (TPSA) is 56.5 Å². The van der Waals surface area contributed by atoms with Crippen LogP contribution in [0.2, 0.25) is 0 Å². The molecule has 4 nitrogen and oxygen atoms in total. The molecule has 96 valence electrons. The highest BCUT2D eigenvalue weighted by molar-refractivity contribution is 5.40. The molecule has 1 atom stereocenters. The molecule has 0 aliphatic heterocycles. The zero-order chi connectivity index (χ0) is 12.7. The van der Waals surface area contributed by atoms with E-state index in [1.165, 1.54) is 0 Å². The van der Waals surface area contributed by atoms with Crippen molar-refractivity contribution in [2.45, 2.75) is 13.5 Å². The Morgan fingerprint density at radius 1 is 1.29 bits per heavy atom. The lowest BCUT2D eigenvalue weighted by atomic mass is 10.1. The van der Waals surface area contributed by atoms with Gasteiger partial charge in [-0.25, -0.2) is 0 Å². The lowest BCUT2D eigenvalue weighted by molar-refractivity contribution is 0.396. The molecule has 17 heavy (non-hydrogen) atoms. The van der Waals surface area contributed by atoms with Crippen molar-refractivity contribution >= 4 is 0 Å². The van der Waals surface area contributed by atoms with Gasteiger partial charge in [0.2, 0.25) is 0 Å². The fourth-order valence-electron chi connectivity index (χ4n) is 1.56. The van der Waals surface area contributed by atoms with Crippen molar-refractivity contribution < 1.29 is 9.47 Å². The van der Waals surface area contributed by atoms with Gasteiger partial charge in [0.1, 0.15) is 11.5 Å². The lowest BCUT2D eigenvalue weighted by Crippen LogP contribution is -2.25. The van der Waals surface area contributed by atoms with Crippen LogP contribution in [-0.2, 0) is 6.54 Å². The highest BCUT2D eigenvalue weighted by atomic mass is 16.5. The average molecular weight is 238 g/mol. The van der Waals surface area contributed by atoms with E-state index in [-0.39, 0.29) is 0 Å². The predicted molar refractivity (Wildman–Crippen MR) is 69.5 cm³/mol. The SMILES string of the molecule is COc1ccc(OC)c(CNCC(C)CN)c1. The third-order valence-electron chi connectivity index (χ3n) is 2.70. The number of nitrogens with one attached hydrogen (secondary N) is 1. The molecule has 0 aromatic heterocycles. The van der Waals surface area contributed by atoms with E-state index in [4.69, 9.17) is 15.2 Å². The summed E-state index contributed by atoms with van der Waals surface area (Å²) in [6.07, 6.45) is 0. The molecule has 0 aliphatic rings. The van der Waals surface area contributed by atoms with Crippen molar-refractivity contribution in [3.63, 3.8) is 0 Å². The average Bonchev–Trinajstić information content (AvgIpc) is 2.38. The number of nitrogens with two attached hydrogens (primary N) is 1. The number of benzene rings is 1. The van der Waals surface area contributed by atoms with E-state index < -0.39 is 0 Å². The Balaban J connectivity index is 2.61. The predicted octanol–water partition coefficient (Wildman–Crippen LogP) is 1.39. The van der Waals surface area contributed by atoms with E-state index >= 15 is 0 Å². The zero-order valence-electron chi connectivity index (χ0n) is 10.8. The molecule has 1 aromatic carbocycles. The van der Waals surface area contributed by atoms with Crippen LogP contribution in [-0.4, -0.2) is 27.3 Å². The molecule has 0 heterocycles. The molecule has 3 N–H and O–H groups in total. The number of rotatable bonds is 7. The van der Waals surface area contributed by atoms with Crippen LogP contribution in [0.15, 0.2) is 18.2 Å². The maximum Gasteiger partial charge on any atom is 0.123 e. The van der Waals surface area contributed by atoms with Crippen molar-refractivity contribution in [1.82, 2.24) is 5.32 Å². The van der Waals surface area contributed by atoms with E-state index in [0.29, 0.717) is 12.5 Å². The minimum atomic E-state index is 0.478. The van der Waals surface area contributed by atoms with Gasteiger partial charge in [0, 0.05) is 12.1 Å². The molecule has 1 unspecified atom stereocenters. The molecule has 0 radical (unpaired) electrons. The Hall–Kier alpha value is -1.26. The zero-order valence-corrected chi connectivity index (χ0v) is 10.8. The molecule has 0 spiro atoms. The summed E-state index contributed by atoms with van der Waals surface area (Å²) in [7, 11) is 3.34. The summed E-state index contributed by atoms with van der Waals surface area (Å²) in [6.45, 7) is 4.47. The van der Waals surface area contributed by atoms with Gasteiger partial charge < -0.3 is 20.5 Å². The molecule has 1 aromatic rings. The molecule has 1 rings (SSSR count). The number of hydrogen-bond acceptors (Lipinski definition) is 4. The van der Waals surface area contributed by atoms with E-state index in [1.54, 1.807) is 14.2 Å². The maximum absolute atomic E-state index is 5.57. The monoisotopic (exact) mass is 238 g/mol. The number of methoxy groups -OCH3 is 2. The van der Waals surface area contributed by atoms with Crippen LogP contribution < -0.4 is 20.5 Å². The van der Waals surface area contributed by atoms with E-state index in [2.05, 4.69) is 12.2 Å². The molecule has 0 fully saturated rings. The summed E-state index contributed by atoms with van der Waals surface area (Å²) in [4.78, 5) is 0. The van der Waals surface area contributed by atoms with Crippen LogP contribution in [0.1, 0.15) is 12.5 Å². The third kappa shape index (κ3) is 4.24. The first kappa shape index (κ1) is 13.8. The largest absolute Gasteiger partial charge is 0.497 e. The number of hydrogen-bond donors (Lipinski definition) is 2. The first-order valence-corrected chi connectivity index (χ1v) is 5.83. The summed E-state index contributed by atoms with van der Waals surface area (Å²) in [5.41, 5.74) is 6.66. The summed E-state index contributed by atoms with van der Waals surface area (Å²) in [6, 6.07) is 5.80. The van der Waals surface area contributed by atoms with Gasteiger partial charge in [-0.15, -0.1) is 0 Å². The Morgan fingerprint density at radius 3 is 2.65 bits per heavy atom. The summed E-state index contributed by atoms with van der Waals surface area (Å²) >= 11 is 0.